The number of hydrogen-bond donors (Lipinski definition) is 1. The van der Waals surface area contributed by atoms with Crippen molar-refractivity contribution in [2.45, 2.75) is 57.9 Å². The molecule has 0 aliphatic heterocycles. The van der Waals surface area contributed by atoms with Crippen molar-refractivity contribution in [3.05, 3.63) is 0 Å². The molecule has 0 aromatic rings. The molecule has 2 N–H and O–H groups in total. The molecular weight excluding hydrogens is 158 g/mol. The quantitative estimate of drug-likeness (QED) is 0.661. The summed E-state index contributed by atoms with van der Waals surface area (Å²) in [5.74, 6) is 2.87. The van der Waals surface area contributed by atoms with Crippen molar-refractivity contribution in [2.24, 2.45) is 23.5 Å². The summed E-state index contributed by atoms with van der Waals surface area (Å²) in [4.78, 5) is 0. The molecule has 2 saturated carbocycles. The molecule has 2 aliphatic rings. The van der Waals surface area contributed by atoms with Gasteiger partial charge in [-0.2, -0.15) is 0 Å². The van der Waals surface area contributed by atoms with Gasteiger partial charge in [0.05, 0.1) is 0 Å². The lowest BCUT2D eigenvalue weighted by molar-refractivity contribution is 0.0830. The summed E-state index contributed by atoms with van der Waals surface area (Å²) < 4.78 is 0. The summed E-state index contributed by atoms with van der Waals surface area (Å²) in [6.45, 7) is 4.67. The standard InChI is InChI=1S/C12H23N/c1-3-12(13)7-10-4-9(2)5-11(6-10)8-12/h9-11H,3-8,13H2,1-2H3. The number of rotatable bonds is 1. The second-order valence-corrected chi connectivity index (χ2v) is 5.67. The zero-order valence-corrected chi connectivity index (χ0v) is 9.05. The molecule has 76 valence electrons. The summed E-state index contributed by atoms with van der Waals surface area (Å²) in [7, 11) is 0. The van der Waals surface area contributed by atoms with E-state index in [1.165, 1.54) is 38.5 Å². The molecule has 0 radical (unpaired) electrons. The van der Waals surface area contributed by atoms with Crippen molar-refractivity contribution >= 4 is 0 Å². The molecule has 2 aliphatic carbocycles. The van der Waals surface area contributed by atoms with Crippen LogP contribution in [0.2, 0.25) is 0 Å². The van der Waals surface area contributed by atoms with E-state index >= 15 is 0 Å². The first-order chi connectivity index (χ1) is 6.11. The SMILES string of the molecule is CCC1(N)CC2CC(C)CC(C2)C1. The molecule has 2 unspecified atom stereocenters. The van der Waals surface area contributed by atoms with E-state index in [1.807, 2.05) is 0 Å². The molecule has 13 heavy (non-hydrogen) atoms. The van der Waals surface area contributed by atoms with Crippen LogP contribution in [0.1, 0.15) is 52.4 Å². The van der Waals surface area contributed by atoms with Crippen LogP contribution in [0.15, 0.2) is 0 Å². The van der Waals surface area contributed by atoms with Crippen molar-refractivity contribution in [1.29, 1.82) is 0 Å². The first kappa shape index (κ1) is 9.51. The van der Waals surface area contributed by atoms with Gasteiger partial charge >= 0.3 is 0 Å². The summed E-state index contributed by atoms with van der Waals surface area (Å²) in [5, 5.41) is 0. The Hall–Kier alpha value is -0.0400. The average molecular weight is 181 g/mol. The molecule has 2 bridgehead atoms. The molecule has 0 heterocycles. The highest BCUT2D eigenvalue weighted by Gasteiger charge is 2.40. The van der Waals surface area contributed by atoms with Crippen LogP contribution in [0, 0.1) is 17.8 Å². The molecule has 2 fully saturated rings. The highest BCUT2D eigenvalue weighted by atomic mass is 14.8. The largest absolute Gasteiger partial charge is 0.325 e. The Bertz CT molecular complexity index is 170. The van der Waals surface area contributed by atoms with Gasteiger partial charge < -0.3 is 5.73 Å². The van der Waals surface area contributed by atoms with Gasteiger partial charge in [0.1, 0.15) is 0 Å². The van der Waals surface area contributed by atoms with Crippen LogP contribution in [0.4, 0.5) is 0 Å². The van der Waals surface area contributed by atoms with Crippen LogP contribution in [0.25, 0.3) is 0 Å². The molecule has 0 aromatic heterocycles. The fourth-order valence-corrected chi connectivity index (χ4v) is 3.75. The molecule has 1 nitrogen and oxygen atoms in total. The second-order valence-electron chi connectivity index (χ2n) is 5.67. The van der Waals surface area contributed by atoms with Gasteiger partial charge in [0, 0.05) is 5.54 Å². The van der Waals surface area contributed by atoms with Crippen molar-refractivity contribution in [1.82, 2.24) is 0 Å². The average Bonchev–Trinajstić information content (AvgIpc) is 2.01. The van der Waals surface area contributed by atoms with Gasteiger partial charge in [0.15, 0.2) is 0 Å². The third kappa shape index (κ3) is 1.90. The Morgan fingerprint density at radius 2 is 1.69 bits per heavy atom. The van der Waals surface area contributed by atoms with Gasteiger partial charge in [0.25, 0.3) is 0 Å². The van der Waals surface area contributed by atoms with Gasteiger partial charge in [-0.25, -0.2) is 0 Å². The second kappa shape index (κ2) is 3.27. The minimum atomic E-state index is 0.202. The topological polar surface area (TPSA) is 26.0 Å². The van der Waals surface area contributed by atoms with Crippen molar-refractivity contribution in [3.63, 3.8) is 0 Å². The van der Waals surface area contributed by atoms with Crippen LogP contribution < -0.4 is 5.73 Å². The lowest BCUT2D eigenvalue weighted by Gasteiger charge is -2.46. The van der Waals surface area contributed by atoms with Crippen molar-refractivity contribution < 1.29 is 0 Å². The van der Waals surface area contributed by atoms with Crippen LogP contribution in [0.3, 0.4) is 0 Å². The smallest absolute Gasteiger partial charge is 0.0157 e. The van der Waals surface area contributed by atoms with Gasteiger partial charge in [-0.3, -0.25) is 0 Å². The maximum atomic E-state index is 6.39. The Balaban J connectivity index is 2.05. The highest BCUT2D eigenvalue weighted by molar-refractivity contribution is 4.96. The lowest BCUT2D eigenvalue weighted by atomic mass is 9.62. The van der Waals surface area contributed by atoms with Gasteiger partial charge in [-0.05, 0) is 56.3 Å². The zero-order valence-electron chi connectivity index (χ0n) is 9.05. The van der Waals surface area contributed by atoms with Crippen LogP contribution in [-0.4, -0.2) is 5.54 Å². The van der Waals surface area contributed by atoms with Gasteiger partial charge in [-0.15, -0.1) is 0 Å². The van der Waals surface area contributed by atoms with Crippen molar-refractivity contribution in [3.8, 4) is 0 Å². The van der Waals surface area contributed by atoms with Gasteiger partial charge in [0.2, 0.25) is 0 Å². The monoisotopic (exact) mass is 181 g/mol. The Morgan fingerprint density at radius 1 is 1.15 bits per heavy atom. The fraction of sp³-hybridized carbons (Fsp3) is 1.00. The summed E-state index contributed by atoms with van der Waals surface area (Å²) in [5.41, 5.74) is 6.60. The number of nitrogens with two attached hydrogens (primary N) is 1. The van der Waals surface area contributed by atoms with E-state index in [1.54, 1.807) is 0 Å². The molecule has 0 amide bonds. The Kier molecular flexibility index (Phi) is 2.39. The van der Waals surface area contributed by atoms with Crippen LogP contribution >= 0.6 is 0 Å². The molecule has 0 aromatic carbocycles. The maximum absolute atomic E-state index is 6.39. The molecule has 2 rings (SSSR count). The van der Waals surface area contributed by atoms with Crippen LogP contribution in [-0.2, 0) is 0 Å². The van der Waals surface area contributed by atoms with Crippen molar-refractivity contribution in [2.75, 3.05) is 0 Å². The molecule has 2 atom stereocenters. The van der Waals surface area contributed by atoms with Gasteiger partial charge in [-0.1, -0.05) is 13.8 Å². The van der Waals surface area contributed by atoms with E-state index in [2.05, 4.69) is 13.8 Å². The minimum absolute atomic E-state index is 0.202. The first-order valence-corrected chi connectivity index (χ1v) is 5.90. The minimum Gasteiger partial charge on any atom is -0.325 e. The fourth-order valence-electron chi connectivity index (χ4n) is 3.75. The highest BCUT2D eigenvalue weighted by Crippen LogP contribution is 2.46. The molecular formula is C12H23N. The van der Waals surface area contributed by atoms with E-state index in [4.69, 9.17) is 5.73 Å². The van der Waals surface area contributed by atoms with E-state index in [0.717, 1.165) is 17.8 Å². The third-order valence-corrected chi connectivity index (χ3v) is 4.23. The van der Waals surface area contributed by atoms with Crippen LogP contribution in [0.5, 0.6) is 0 Å². The van der Waals surface area contributed by atoms with E-state index in [-0.39, 0.29) is 5.54 Å². The molecule has 1 heteroatoms. The van der Waals surface area contributed by atoms with E-state index < -0.39 is 0 Å². The Morgan fingerprint density at radius 3 is 2.15 bits per heavy atom. The maximum Gasteiger partial charge on any atom is 0.0157 e. The number of fused-ring (bicyclic) bond motifs is 2. The molecule has 0 saturated heterocycles. The summed E-state index contributed by atoms with van der Waals surface area (Å²) in [6, 6.07) is 0. The summed E-state index contributed by atoms with van der Waals surface area (Å²) >= 11 is 0. The Labute approximate surface area is 82.1 Å². The normalized spacial score (nSPS) is 50.5. The molecule has 0 spiro atoms. The lowest BCUT2D eigenvalue weighted by Crippen LogP contribution is -2.48. The predicted molar refractivity (Wildman–Crippen MR) is 56.4 cm³/mol. The number of hydrogen-bond acceptors (Lipinski definition) is 1. The third-order valence-electron chi connectivity index (χ3n) is 4.23. The first-order valence-electron chi connectivity index (χ1n) is 5.90. The zero-order chi connectivity index (χ0) is 9.47. The predicted octanol–water partition coefficient (Wildman–Crippen LogP) is 2.94. The summed E-state index contributed by atoms with van der Waals surface area (Å²) in [6.07, 6.45) is 8.12. The van der Waals surface area contributed by atoms with E-state index in [0.29, 0.717) is 0 Å². The van der Waals surface area contributed by atoms with E-state index in [9.17, 15) is 0 Å².